The van der Waals surface area contributed by atoms with E-state index in [-0.39, 0.29) is 0 Å². The van der Waals surface area contributed by atoms with Crippen molar-refractivity contribution in [2.24, 2.45) is 0 Å². The summed E-state index contributed by atoms with van der Waals surface area (Å²) in [6.07, 6.45) is 0. The molecule has 0 spiro atoms. The summed E-state index contributed by atoms with van der Waals surface area (Å²) < 4.78 is 16.2. The maximum absolute atomic E-state index is 5.61. The van der Waals surface area contributed by atoms with Crippen LogP contribution in [-0.4, -0.2) is 30.8 Å². The van der Waals surface area contributed by atoms with Crippen molar-refractivity contribution in [3.8, 4) is 28.6 Å². The molecule has 5 heteroatoms. The topological polar surface area (TPSA) is 56.4 Å². The van der Waals surface area contributed by atoms with Crippen molar-refractivity contribution in [3.63, 3.8) is 0 Å². The van der Waals surface area contributed by atoms with Gasteiger partial charge in [-0.15, -0.1) is 0 Å². The first-order chi connectivity index (χ1) is 10.7. The maximum atomic E-state index is 5.61. The van der Waals surface area contributed by atoms with E-state index in [1.165, 1.54) is 0 Å². The van der Waals surface area contributed by atoms with E-state index >= 15 is 0 Å². The zero-order valence-electron chi connectivity index (χ0n) is 12.8. The second kappa shape index (κ2) is 5.97. The lowest BCUT2D eigenvalue weighted by Gasteiger charge is -2.10. The van der Waals surface area contributed by atoms with Gasteiger partial charge in [0.25, 0.3) is 0 Å². The Morgan fingerprint density at radius 3 is 2.59 bits per heavy atom. The second-order valence-corrected chi connectivity index (χ2v) is 4.77. The molecule has 0 aliphatic rings. The van der Waals surface area contributed by atoms with Crippen molar-refractivity contribution in [1.82, 2.24) is 9.97 Å². The molecule has 1 heterocycles. The number of hydrogen-bond acceptors (Lipinski definition) is 4. The Hall–Kier alpha value is -2.69. The van der Waals surface area contributed by atoms with Gasteiger partial charge in [0.05, 0.1) is 31.9 Å². The number of hydrogen-bond donors (Lipinski definition) is 1. The zero-order chi connectivity index (χ0) is 15.5. The molecule has 0 amide bonds. The Kier molecular flexibility index (Phi) is 3.87. The van der Waals surface area contributed by atoms with Gasteiger partial charge in [-0.1, -0.05) is 0 Å². The van der Waals surface area contributed by atoms with E-state index < -0.39 is 0 Å². The summed E-state index contributed by atoms with van der Waals surface area (Å²) in [4.78, 5) is 7.91. The lowest BCUT2D eigenvalue weighted by Crippen LogP contribution is -1.95. The second-order valence-electron chi connectivity index (χ2n) is 4.77. The quantitative estimate of drug-likeness (QED) is 0.781. The monoisotopic (exact) mass is 298 g/mol. The molecule has 0 aliphatic carbocycles. The molecular formula is C17H18N2O3. The fraction of sp³-hybridized carbons (Fsp3) is 0.235. The maximum Gasteiger partial charge on any atom is 0.161 e. The van der Waals surface area contributed by atoms with E-state index in [1.54, 1.807) is 14.2 Å². The van der Waals surface area contributed by atoms with E-state index in [2.05, 4.69) is 9.97 Å². The fourth-order valence-corrected chi connectivity index (χ4v) is 2.34. The van der Waals surface area contributed by atoms with Crippen LogP contribution >= 0.6 is 0 Å². The molecule has 0 saturated carbocycles. The van der Waals surface area contributed by atoms with E-state index in [4.69, 9.17) is 14.2 Å². The van der Waals surface area contributed by atoms with Crippen LogP contribution in [0.25, 0.3) is 22.4 Å². The normalized spacial score (nSPS) is 10.7. The Morgan fingerprint density at radius 2 is 1.86 bits per heavy atom. The van der Waals surface area contributed by atoms with E-state index in [0.717, 1.165) is 28.2 Å². The van der Waals surface area contributed by atoms with Gasteiger partial charge in [0, 0.05) is 11.6 Å². The van der Waals surface area contributed by atoms with Crippen LogP contribution in [0.15, 0.2) is 36.4 Å². The van der Waals surface area contributed by atoms with E-state index in [0.29, 0.717) is 18.1 Å². The molecule has 0 atom stereocenters. The fourth-order valence-electron chi connectivity index (χ4n) is 2.34. The Labute approximate surface area is 128 Å². The minimum absolute atomic E-state index is 0.580. The number of nitrogens with one attached hydrogen (secondary N) is 1. The molecule has 0 bridgehead atoms. The van der Waals surface area contributed by atoms with Gasteiger partial charge < -0.3 is 19.2 Å². The van der Waals surface area contributed by atoms with Crippen LogP contribution in [0, 0.1) is 0 Å². The summed E-state index contributed by atoms with van der Waals surface area (Å²) in [7, 11) is 3.28. The van der Waals surface area contributed by atoms with Gasteiger partial charge >= 0.3 is 0 Å². The summed E-state index contributed by atoms with van der Waals surface area (Å²) in [5, 5.41) is 0. The molecule has 1 N–H and O–H groups in total. The van der Waals surface area contributed by atoms with Gasteiger partial charge in [0.2, 0.25) is 0 Å². The first-order valence-electron chi connectivity index (χ1n) is 7.10. The number of ether oxygens (including phenoxy) is 3. The molecule has 22 heavy (non-hydrogen) atoms. The van der Waals surface area contributed by atoms with Crippen molar-refractivity contribution in [2.45, 2.75) is 6.92 Å². The van der Waals surface area contributed by atoms with Crippen molar-refractivity contribution in [1.29, 1.82) is 0 Å². The third-order valence-corrected chi connectivity index (χ3v) is 3.43. The summed E-state index contributed by atoms with van der Waals surface area (Å²) in [5.74, 6) is 3.00. The number of methoxy groups -OCH3 is 2. The molecule has 0 saturated heterocycles. The standard InChI is InChI=1S/C17H18N2O3/c1-4-22-16-9-11(5-8-15(16)21-3)17-18-13-7-6-12(20-2)10-14(13)19-17/h5-10H,4H2,1-3H3,(H,18,19). The molecular weight excluding hydrogens is 280 g/mol. The van der Waals surface area contributed by atoms with Crippen molar-refractivity contribution in [3.05, 3.63) is 36.4 Å². The first kappa shape index (κ1) is 14.3. The van der Waals surface area contributed by atoms with Crippen molar-refractivity contribution < 1.29 is 14.2 Å². The minimum atomic E-state index is 0.580. The summed E-state index contributed by atoms with van der Waals surface area (Å²) in [5.41, 5.74) is 2.77. The van der Waals surface area contributed by atoms with Crippen LogP contribution in [0.1, 0.15) is 6.92 Å². The van der Waals surface area contributed by atoms with Crippen molar-refractivity contribution in [2.75, 3.05) is 20.8 Å². The molecule has 0 radical (unpaired) electrons. The van der Waals surface area contributed by atoms with Gasteiger partial charge in [-0.3, -0.25) is 0 Å². The van der Waals surface area contributed by atoms with E-state index in [9.17, 15) is 0 Å². The lowest BCUT2D eigenvalue weighted by molar-refractivity contribution is 0.311. The SMILES string of the molecule is CCOc1cc(-c2nc3ccc(OC)cc3[nH]2)ccc1OC. The third kappa shape index (κ3) is 2.57. The van der Waals surface area contributed by atoms with Gasteiger partial charge in [-0.05, 0) is 37.3 Å². The largest absolute Gasteiger partial charge is 0.497 e. The van der Waals surface area contributed by atoms with Gasteiger partial charge in [0.1, 0.15) is 11.6 Å². The third-order valence-electron chi connectivity index (χ3n) is 3.43. The van der Waals surface area contributed by atoms with Crippen LogP contribution in [0.4, 0.5) is 0 Å². The highest BCUT2D eigenvalue weighted by Crippen LogP contribution is 2.32. The van der Waals surface area contributed by atoms with Crippen LogP contribution < -0.4 is 14.2 Å². The number of imidazole rings is 1. The highest BCUT2D eigenvalue weighted by atomic mass is 16.5. The number of fused-ring (bicyclic) bond motifs is 1. The number of H-pyrrole nitrogens is 1. The van der Waals surface area contributed by atoms with Crippen LogP contribution in [-0.2, 0) is 0 Å². The molecule has 3 aromatic rings. The molecule has 5 nitrogen and oxygen atoms in total. The van der Waals surface area contributed by atoms with Gasteiger partial charge in [0.15, 0.2) is 11.5 Å². The molecule has 0 unspecified atom stereocenters. The number of aromatic amines is 1. The molecule has 0 fully saturated rings. The molecule has 0 aliphatic heterocycles. The zero-order valence-corrected chi connectivity index (χ0v) is 12.8. The number of benzene rings is 2. The average Bonchev–Trinajstić information content (AvgIpc) is 2.98. The number of rotatable bonds is 5. The Morgan fingerprint density at radius 1 is 1.00 bits per heavy atom. The molecule has 2 aromatic carbocycles. The predicted octanol–water partition coefficient (Wildman–Crippen LogP) is 3.65. The van der Waals surface area contributed by atoms with Crippen LogP contribution in [0.2, 0.25) is 0 Å². The minimum Gasteiger partial charge on any atom is -0.497 e. The highest BCUT2D eigenvalue weighted by molar-refractivity contribution is 5.81. The molecule has 3 rings (SSSR count). The Balaban J connectivity index is 2.04. The van der Waals surface area contributed by atoms with Gasteiger partial charge in [-0.25, -0.2) is 4.98 Å². The summed E-state index contributed by atoms with van der Waals surface area (Å²) in [6.45, 7) is 2.52. The molecule has 1 aromatic heterocycles. The van der Waals surface area contributed by atoms with Gasteiger partial charge in [-0.2, -0.15) is 0 Å². The highest BCUT2D eigenvalue weighted by Gasteiger charge is 2.10. The van der Waals surface area contributed by atoms with Crippen molar-refractivity contribution >= 4 is 11.0 Å². The van der Waals surface area contributed by atoms with E-state index in [1.807, 2.05) is 43.3 Å². The number of nitrogens with zero attached hydrogens (tertiary/aromatic N) is 1. The molecule has 114 valence electrons. The van der Waals surface area contributed by atoms with Crippen LogP contribution in [0.5, 0.6) is 17.2 Å². The number of aromatic nitrogens is 2. The predicted molar refractivity (Wildman–Crippen MR) is 85.8 cm³/mol. The summed E-state index contributed by atoms with van der Waals surface area (Å²) in [6, 6.07) is 11.5. The Bertz CT molecular complexity index is 796. The average molecular weight is 298 g/mol. The van der Waals surface area contributed by atoms with Crippen LogP contribution in [0.3, 0.4) is 0 Å². The summed E-state index contributed by atoms with van der Waals surface area (Å²) >= 11 is 0. The smallest absolute Gasteiger partial charge is 0.161 e. The lowest BCUT2D eigenvalue weighted by atomic mass is 10.2. The first-order valence-corrected chi connectivity index (χ1v) is 7.10.